The summed E-state index contributed by atoms with van der Waals surface area (Å²) in [6.07, 6.45) is 4.93. The van der Waals surface area contributed by atoms with Crippen molar-refractivity contribution in [3.63, 3.8) is 0 Å². The molecule has 1 aliphatic heterocycles. The number of pyridine rings is 1. The van der Waals surface area contributed by atoms with Gasteiger partial charge in [-0.2, -0.15) is 0 Å². The van der Waals surface area contributed by atoms with Crippen LogP contribution in [0.4, 0.5) is 26.1 Å². The molecule has 1 amide bonds. The van der Waals surface area contributed by atoms with Gasteiger partial charge in [0.15, 0.2) is 0 Å². The van der Waals surface area contributed by atoms with Gasteiger partial charge in [0.25, 0.3) is 5.91 Å². The van der Waals surface area contributed by atoms with Crippen LogP contribution < -0.4 is 15.1 Å². The van der Waals surface area contributed by atoms with Gasteiger partial charge >= 0.3 is 0 Å². The van der Waals surface area contributed by atoms with Crippen molar-refractivity contribution < 1.29 is 13.6 Å². The highest BCUT2D eigenvalue weighted by molar-refractivity contribution is 6.03. The van der Waals surface area contributed by atoms with Crippen molar-refractivity contribution in [3.05, 3.63) is 72.3 Å². The zero-order valence-corrected chi connectivity index (χ0v) is 15.4. The smallest absolute Gasteiger partial charge is 0.274 e. The molecule has 1 fully saturated rings. The van der Waals surface area contributed by atoms with Crippen molar-refractivity contribution in [1.82, 2.24) is 15.0 Å². The van der Waals surface area contributed by atoms with E-state index in [1.165, 1.54) is 12.3 Å². The number of hydrogen-bond donors (Lipinski definition) is 1. The lowest BCUT2D eigenvalue weighted by molar-refractivity contribution is 0.102. The largest absolute Gasteiger partial charge is 0.368 e. The minimum Gasteiger partial charge on any atom is -0.368 e. The van der Waals surface area contributed by atoms with E-state index in [1.807, 2.05) is 0 Å². The molecule has 7 nitrogen and oxygen atoms in total. The molecular formula is C20H18F2N6O. The Morgan fingerprint density at radius 1 is 0.862 bits per heavy atom. The topological polar surface area (TPSA) is 74.2 Å². The quantitative estimate of drug-likeness (QED) is 0.731. The number of amides is 1. The second-order valence-corrected chi connectivity index (χ2v) is 6.47. The van der Waals surface area contributed by atoms with Crippen molar-refractivity contribution in [2.45, 2.75) is 0 Å². The Labute approximate surface area is 166 Å². The van der Waals surface area contributed by atoms with Gasteiger partial charge in [0.05, 0.1) is 0 Å². The second kappa shape index (κ2) is 8.17. The van der Waals surface area contributed by atoms with Gasteiger partial charge in [-0.1, -0.05) is 6.07 Å². The van der Waals surface area contributed by atoms with Crippen molar-refractivity contribution >= 4 is 23.2 Å². The van der Waals surface area contributed by atoms with Crippen LogP contribution in [-0.2, 0) is 0 Å². The summed E-state index contributed by atoms with van der Waals surface area (Å²) in [6, 6.07) is 8.59. The standard InChI is InChI=1S/C20H18F2N6O/c21-15-3-1-4-16(22)18(15)26-19(29)17-13-14(5-8-23-17)27-9-11-28(12-10-27)20-24-6-2-7-25-20/h1-8,13H,9-12H2,(H,26,29). The van der Waals surface area contributed by atoms with Crippen molar-refractivity contribution in [2.24, 2.45) is 0 Å². The summed E-state index contributed by atoms with van der Waals surface area (Å²) in [6.45, 7) is 2.89. The number of hydrogen-bond acceptors (Lipinski definition) is 6. The summed E-state index contributed by atoms with van der Waals surface area (Å²) in [4.78, 5) is 29.2. The number of nitrogens with one attached hydrogen (secondary N) is 1. The SMILES string of the molecule is O=C(Nc1c(F)cccc1F)c1cc(N2CCN(c3ncccn3)CC2)ccn1. The number of piperazine rings is 1. The molecule has 148 valence electrons. The number of anilines is 3. The Bertz CT molecular complexity index is 989. The average molecular weight is 396 g/mol. The maximum Gasteiger partial charge on any atom is 0.274 e. The van der Waals surface area contributed by atoms with Crippen LogP contribution in [0.2, 0.25) is 0 Å². The predicted octanol–water partition coefficient (Wildman–Crippen LogP) is 2.73. The number of rotatable bonds is 4. The molecule has 0 bridgehead atoms. The molecule has 0 spiro atoms. The van der Waals surface area contributed by atoms with E-state index in [-0.39, 0.29) is 5.69 Å². The number of para-hydroxylation sites is 1. The lowest BCUT2D eigenvalue weighted by Crippen LogP contribution is -2.47. The van der Waals surface area contributed by atoms with E-state index < -0.39 is 23.2 Å². The minimum atomic E-state index is -0.839. The number of carbonyl (C=O) groups excluding carboxylic acids is 1. The van der Waals surface area contributed by atoms with Crippen LogP contribution in [0, 0.1) is 11.6 Å². The van der Waals surface area contributed by atoms with Crippen LogP contribution in [-0.4, -0.2) is 47.0 Å². The molecule has 0 atom stereocenters. The summed E-state index contributed by atoms with van der Waals surface area (Å²) < 4.78 is 27.6. The van der Waals surface area contributed by atoms with E-state index in [2.05, 4.69) is 30.1 Å². The number of benzene rings is 1. The highest BCUT2D eigenvalue weighted by Crippen LogP contribution is 2.21. The van der Waals surface area contributed by atoms with Crippen molar-refractivity contribution in [3.8, 4) is 0 Å². The molecular weight excluding hydrogens is 378 g/mol. The van der Waals surface area contributed by atoms with Gasteiger partial charge in [-0.25, -0.2) is 18.7 Å². The van der Waals surface area contributed by atoms with E-state index in [4.69, 9.17) is 0 Å². The molecule has 0 radical (unpaired) electrons. The van der Waals surface area contributed by atoms with Gasteiger partial charge < -0.3 is 15.1 Å². The van der Waals surface area contributed by atoms with Gasteiger partial charge in [-0.3, -0.25) is 9.78 Å². The summed E-state index contributed by atoms with van der Waals surface area (Å²) in [5.74, 6) is -1.66. The zero-order valence-electron chi connectivity index (χ0n) is 15.4. The molecule has 1 saturated heterocycles. The van der Waals surface area contributed by atoms with Gasteiger partial charge in [0, 0.05) is 50.5 Å². The fraction of sp³-hybridized carbons (Fsp3) is 0.200. The van der Waals surface area contributed by atoms with Crippen LogP contribution in [0.5, 0.6) is 0 Å². The van der Waals surface area contributed by atoms with Gasteiger partial charge in [0.2, 0.25) is 5.95 Å². The molecule has 1 N–H and O–H groups in total. The second-order valence-electron chi connectivity index (χ2n) is 6.47. The predicted molar refractivity (Wildman–Crippen MR) is 105 cm³/mol. The summed E-state index contributed by atoms with van der Waals surface area (Å²) in [5.41, 5.74) is 0.410. The molecule has 3 heterocycles. The maximum absolute atomic E-state index is 13.8. The van der Waals surface area contributed by atoms with E-state index in [0.717, 1.165) is 30.9 Å². The normalized spacial score (nSPS) is 14.0. The number of nitrogens with zero attached hydrogens (tertiary/aromatic N) is 5. The Morgan fingerprint density at radius 3 is 2.21 bits per heavy atom. The van der Waals surface area contributed by atoms with Gasteiger partial charge in [-0.05, 0) is 30.3 Å². The minimum absolute atomic E-state index is 0.0824. The molecule has 1 aromatic carbocycles. The third-order valence-electron chi connectivity index (χ3n) is 4.66. The van der Waals surface area contributed by atoms with Crippen LogP contribution in [0.15, 0.2) is 55.0 Å². The Hall–Kier alpha value is -3.62. The molecule has 0 unspecified atom stereocenters. The molecule has 2 aromatic heterocycles. The summed E-state index contributed by atoms with van der Waals surface area (Å²) >= 11 is 0. The van der Waals surface area contributed by atoms with E-state index in [0.29, 0.717) is 19.0 Å². The van der Waals surface area contributed by atoms with Crippen LogP contribution in [0.3, 0.4) is 0 Å². The fourth-order valence-electron chi connectivity index (χ4n) is 3.15. The van der Waals surface area contributed by atoms with E-state index >= 15 is 0 Å². The van der Waals surface area contributed by atoms with Crippen LogP contribution in [0.1, 0.15) is 10.5 Å². The molecule has 3 aromatic rings. The first-order chi connectivity index (χ1) is 14.1. The average Bonchev–Trinajstić information content (AvgIpc) is 2.77. The highest BCUT2D eigenvalue weighted by Gasteiger charge is 2.20. The maximum atomic E-state index is 13.8. The monoisotopic (exact) mass is 396 g/mol. The van der Waals surface area contributed by atoms with Crippen LogP contribution in [0.25, 0.3) is 0 Å². The van der Waals surface area contributed by atoms with Crippen molar-refractivity contribution in [2.75, 3.05) is 41.3 Å². The summed E-state index contributed by atoms with van der Waals surface area (Å²) in [7, 11) is 0. The van der Waals surface area contributed by atoms with Crippen molar-refractivity contribution in [1.29, 1.82) is 0 Å². The third kappa shape index (κ3) is 4.13. The lowest BCUT2D eigenvalue weighted by atomic mass is 10.2. The molecule has 4 rings (SSSR count). The number of halogens is 2. The Kier molecular flexibility index (Phi) is 5.28. The highest BCUT2D eigenvalue weighted by atomic mass is 19.1. The molecule has 29 heavy (non-hydrogen) atoms. The third-order valence-corrected chi connectivity index (χ3v) is 4.66. The fourth-order valence-corrected chi connectivity index (χ4v) is 3.15. The Balaban J connectivity index is 1.44. The van der Waals surface area contributed by atoms with Crippen LogP contribution >= 0.6 is 0 Å². The first-order valence-corrected chi connectivity index (χ1v) is 9.10. The first kappa shape index (κ1) is 18.7. The molecule has 0 saturated carbocycles. The van der Waals surface area contributed by atoms with Gasteiger partial charge in [-0.15, -0.1) is 0 Å². The number of carbonyl (C=O) groups is 1. The summed E-state index contributed by atoms with van der Waals surface area (Å²) in [5, 5.41) is 2.26. The molecule has 1 aliphatic rings. The first-order valence-electron chi connectivity index (χ1n) is 9.10. The number of aromatic nitrogens is 3. The van der Waals surface area contributed by atoms with E-state index in [9.17, 15) is 13.6 Å². The zero-order chi connectivity index (χ0) is 20.2. The lowest BCUT2D eigenvalue weighted by Gasteiger charge is -2.36. The van der Waals surface area contributed by atoms with Gasteiger partial charge in [0.1, 0.15) is 23.0 Å². The molecule has 0 aliphatic carbocycles. The Morgan fingerprint density at radius 2 is 1.52 bits per heavy atom. The van der Waals surface area contributed by atoms with E-state index in [1.54, 1.807) is 30.6 Å². The molecule has 9 heteroatoms.